The molecule has 0 radical (unpaired) electrons. The van der Waals surface area contributed by atoms with Gasteiger partial charge >= 0.3 is 0 Å². The van der Waals surface area contributed by atoms with Gasteiger partial charge in [0.2, 0.25) is 0 Å². The van der Waals surface area contributed by atoms with Crippen molar-refractivity contribution in [1.82, 2.24) is 0 Å². The molecule has 0 unspecified atom stereocenters. The van der Waals surface area contributed by atoms with Gasteiger partial charge in [-0.15, -0.1) is 49.6 Å². The van der Waals surface area contributed by atoms with E-state index < -0.39 is 0 Å². The van der Waals surface area contributed by atoms with E-state index in [9.17, 15) is 0 Å². The monoisotopic (exact) mass is 262 g/mol. The SMILES string of the molecule is CCCCCC.Cl.Cl.Cl.Cl.[SiH4]. The Morgan fingerprint density at radius 3 is 0.909 bits per heavy atom. The number of unbranched alkanes of at least 4 members (excludes halogenated alkanes) is 3. The van der Waals surface area contributed by atoms with E-state index in [0.717, 1.165) is 0 Å². The zero-order valence-corrected chi connectivity index (χ0v) is 9.73. The molecule has 0 amide bonds. The van der Waals surface area contributed by atoms with Crippen LogP contribution in [0.3, 0.4) is 0 Å². The summed E-state index contributed by atoms with van der Waals surface area (Å²) >= 11 is 0. The first kappa shape index (κ1) is 39.4. The van der Waals surface area contributed by atoms with Crippen LogP contribution in [0, 0.1) is 0 Å². The summed E-state index contributed by atoms with van der Waals surface area (Å²) in [5, 5.41) is 0. The average molecular weight is 264 g/mol. The first-order valence-corrected chi connectivity index (χ1v) is 2.91. The fraction of sp³-hybridized carbons (Fsp3) is 1.00. The van der Waals surface area contributed by atoms with Crippen LogP contribution in [0.4, 0.5) is 0 Å². The maximum atomic E-state index is 2.23. The van der Waals surface area contributed by atoms with Crippen molar-refractivity contribution in [2.45, 2.75) is 39.5 Å². The molecule has 0 aliphatic heterocycles. The first-order valence-electron chi connectivity index (χ1n) is 2.91. The van der Waals surface area contributed by atoms with E-state index in [1.165, 1.54) is 25.7 Å². The Morgan fingerprint density at radius 1 is 0.636 bits per heavy atom. The minimum absolute atomic E-state index is 0. The van der Waals surface area contributed by atoms with E-state index in [1.807, 2.05) is 0 Å². The summed E-state index contributed by atoms with van der Waals surface area (Å²) in [6.45, 7) is 4.46. The van der Waals surface area contributed by atoms with E-state index >= 15 is 0 Å². The third kappa shape index (κ3) is 52.2. The van der Waals surface area contributed by atoms with Gasteiger partial charge in [-0.25, -0.2) is 0 Å². The molecule has 0 aromatic carbocycles. The largest absolute Gasteiger partial charge is 0.147 e. The van der Waals surface area contributed by atoms with Crippen LogP contribution in [0.1, 0.15) is 39.5 Å². The van der Waals surface area contributed by atoms with Crippen molar-refractivity contribution < 1.29 is 0 Å². The standard InChI is InChI=1S/C6H14.4ClH.H4Si/c1-3-5-6-4-2;;;;;/h3-6H2,1-2H3;4*1H;1H4. The van der Waals surface area contributed by atoms with Gasteiger partial charge in [0.05, 0.1) is 0 Å². The lowest BCUT2D eigenvalue weighted by Gasteiger charge is -1.86. The van der Waals surface area contributed by atoms with Crippen LogP contribution in [-0.2, 0) is 0 Å². The lowest BCUT2D eigenvalue weighted by atomic mass is 10.2. The summed E-state index contributed by atoms with van der Waals surface area (Å²) in [4.78, 5) is 0. The molecular weight excluding hydrogens is 242 g/mol. The lowest BCUT2D eigenvalue weighted by molar-refractivity contribution is 0.702. The van der Waals surface area contributed by atoms with E-state index in [1.54, 1.807) is 0 Å². The van der Waals surface area contributed by atoms with Gasteiger partial charge in [0.25, 0.3) is 0 Å². The van der Waals surface area contributed by atoms with Crippen molar-refractivity contribution in [2.75, 3.05) is 0 Å². The Bertz CT molecular complexity index is 26.5. The fourth-order valence-corrected chi connectivity index (χ4v) is 0.500. The molecule has 78 valence electrons. The van der Waals surface area contributed by atoms with Crippen LogP contribution in [0.2, 0.25) is 0 Å². The van der Waals surface area contributed by atoms with Crippen LogP contribution in [0.5, 0.6) is 0 Å². The predicted octanol–water partition coefficient (Wildman–Crippen LogP) is 2.82. The zero-order chi connectivity index (χ0) is 4.83. The normalized spacial score (nSPS) is 4.91. The molecule has 11 heavy (non-hydrogen) atoms. The van der Waals surface area contributed by atoms with E-state index in [-0.39, 0.29) is 60.6 Å². The van der Waals surface area contributed by atoms with Gasteiger partial charge in [0, 0.05) is 0 Å². The molecule has 0 N–H and O–H groups in total. The first-order chi connectivity index (χ1) is 2.91. The third-order valence-corrected chi connectivity index (χ3v) is 0.957. The molecule has 0 atom stereocenters. The minimum atomic E-state index is 0. The summed E-state index contributed by atoms with van der Waals surface area (Å²) in [5.41, 5.74) is 0. The highest BCUT2D eigenvalue weighted by molar-refractivity contribution is 5.86. The highest BCUT2D eigenvalue weighted by Crippen LogP contribution is 1.95. The van der Waals surface area contributed by atoms with Gasteiger partial charge < -0.3 is 0 Å². The molecule has 0 aliphatic carbocycles. The van der Waals surface area contributed by atoms with Crippen molar-refractivity contribution in [3.8, 4) is 0 Å². The summed E-state index contributed by atoms with van der Waals surface area (Å²) in [6.07, 6.45) is 5.54. The quantitative estimate of drug-likeness (QED) is 0.543. The van der Waals surface area contributed by atoms with Gasteiger partial charge in [0.15, 0.2) is 0 Å². The number of rotatable bonds is 3. The van der Waals surface area contributed by atoms with Crippen LogP contribution >= 0.6 is 49.6 Å². The molecule has 0 aromatic rings. The van der Waals surface area contributed by atoms with Gasteiger partial charge in [-0.1, -0.05) is 39.5 Å². The molecule has 0 nitrogen and oxygen atoms in total. The Balaban J connectivity index is -0.0000000125. The van der Waals surface area contributed by atoms with Crippen molar-refractivity contribution in [3.63, 3.8) is 0 Å². The Morgan fingerprint density at radius 2 is 0.818 bits per heavy atom. The smallest absolute Gasteiger partial charge is 0.0149 e. The molecule has 0 rings (SSSR count). The molecule has 5 heteroatoms. The molecule has 0 heterocycles. The van der Waals surface area contributed by atoms with Gasteiger partial charge in [-0.3, -0.25) is 0 Å². The van der Waals surface area contributed by atoms with Crippen LogP contribution in [0.25, 0.3) is 0 Å². The second kappa shape index (κ2) is 42.4. The molecular formula is C6H22Cl4Si. The molecule has 0 bridgehead atoms. The average Bonchev–Trinajstić information content (AvgIpc) is 1.61. The summed E-state index contributed by atoms with van der Waals surface area (Å²) in [7, 11) is 0. The van der Waals surface area contributed by atoms with E-state index in [0.29, 0.717) is 0 Å². The molecule has 0 aromatic heterocycles. The summed E-state index contributed by atoms with van der Waals surface area (Å²) < 4.78 is 0. The van der Waals surface area contributed by atoms with Crippen LogP contribution in [0.15, 0.2) is 0 Å². The number of hydrogen-bond acceptors (Lipinski definition) is 0. The molecule has 0 spiro atoms. The highest BCUT2D eigenvalue weighted by Gasteiger charge is 1.75. The maximum absolute atomic E-state index is 2.23. The second-order valence-electron chi connectivity index (χ2n) is 1.71. The maximum Gasteiger partial charge on any atom is -0.0149 e. The molecule has 0 aliphatic rings. The zero-order valence-electron chi connectivity index (χ0n) is 6.46. The van der Waals surface area contributed by atoms with Crippen molar-refractivity contribution >= 4 is 60.6 Å². The van der Waals surface area contributed by atoms with Crippen LogP contribution in [-0.4, -0.2) is 11.0 Å². The Kier molecular flexibility index (Phi) is 152. The van der Waals surface area contributed by atoms with Gasteiger partial charge in [0.1, 0.15) is 0 Å². The molecule has 0 saturated carbocycles. The topological polar surface area (TPSA) is 0 Å². The van der Waals surface area contributed by atoms with E-state index in [4.69, 9.17) is 0 Å². The van der Waals surface area contributed by atoms with Gasteiger partial charge in [-0.2, -0.15) is 0 Å². The minimum Gasteiger partial charge on any atom is -0.147 e. The highest BCUT2D eigenvalue weighted by atomic mass is 35.5. The van der Waals surface area contributed by atoms with Crippen molar-refractivity contribution in [2.24, 2.45) is 0 Å². The lowest BCUT2D eigenvalue weighted by Crippen LogP contribution is -1.66. The fourth-order valence-electron chi connectivity index (χ4n) is 0.500. The van der Waals surface area contributed by atoms with Crippen LogP contribution < -0.4 is 0 Å². The Labute approximate surface area is 99.9 Å². The third-order valence-electron chi connectivity index (χ3n) is 0.957. The van der Waals surface area contributed by atoms with E-state index in [2.05, 4.69) is 13.8 Å². The summed E-state index contributed by atoms with van der Waals surface area (Å²) in [6, 6.07) is 0. The predicted molar refractivity (Wildman–Crippen MR) is 70.1 cm³/mol. The molecule has 0 fully saturated rings. The number of halogens is 4. The second-order valence-corrected chi connectivity index (χ2v) is 1.71. The molecule has 0 saturated heterocycles. The Hall–Kier alpha value is 1.38. The summed E-state index contributed by atoms with van der Waals surface area (Å²) in [5.74, 6) is 0. The van der Waals surface area contributed by atoms with Crippen molar-refractivity contribution in [1.29, 1.82) is 0 Å². The van der Waals surface area contributed by atoms with Gasteiger partial charge in [-0.05, 0) is 11.0 Å². The number of hydrogen-bond donors (Lipinski definition) is 0. The van der Waals surface area contributed by atoms with Crippen molar-refractivity contribution in [3.05, 3.63) is 0 Å².